The standard InChI is InChI=1S/C16H25N3O3S/c1-17-16(18-8-3-11-23(2,20)21)19-9-6-13-4-5-15-14(12-13)7-10-22-15/h4-5,12H,3,6-11H2,1-2H3,(H2,17,18,19). The molecule has 1 aliphatic heterocycles. The van der Waals surface area contributed by atoms with E-state index in [9.17, 15) is 8.42 Å². The molecule has 0 amide bonds. The van der Waals surface area contributed by atoms with Gasteiger partial charge in [-0.2, -0.15) is 0 Å². The second kappa shape index (κ2) is 8.19. The van der Waals surface area contributed by atoms with Crippen molar-refractivity contribution >= 4 is 15.8 Å². The maximum Gasteiger partial charge on any atom is 0.190 e. The lowest BCUT2D eigenvalue weighted by molar-refractivity contribution is 0.357. The van der Waals surface area contributed by atoms with Crippen molar-refractivity contribution in [3.05, 3.63) is 29.3 Å². The molecule has 6 nitrogen and oxygen atoms in total. The van der Waals surface area contributed by atoms with E-state index in [4.69, 9.17) is 4.74 Å². The molecule has 0 fully saturated rings. The van der Waals surface area contributed by atoms with Crippen molar-refractivity contribution < 1.29 is 13.2 Å². The van der Waals surface area contributed by atoms with E-state index in [2.05, 4.69) is 27.8 Å². The number of nitrogens with zero attached hydrogens (tertiary/aromatic N) is 1. The van der Waals surface area contributed by atoms with Gasteiger partial charge in [0.2, 0.25) is 0 Å². The molecular formula is C16H25N3O3S. The highest BCUT2D eigenvalue weighted by molar-refractivity contribution is 7.90. The molecule has 0 atom stereocenters. The highest BCUT2D eigenvalue weighted by Crippen LogP contribution is 2.25. The molecule has 128 valence electrons. The number of nitrogens with one attached hydrogen (secondary N) is 2. The van der Waals surface area contributed by atoms with Crippen LogP contribution in [-0.4, -0.2) is 53.1 Å². The Labute approximate surface area is 138 Å². The monoisotopic (exact) mass is 339 g/mol. The molecule has 23 heavy (non-hydrogen) atoms. The zero-order valence-corrected chi connectivity index (χ0v) is 14.6. The number of rotatable bonds is 7. The van der Waals surface area contributed by atoms with Gasteiger partial charge < -0.3 is 15.4 Å². The quantitative estimate of drug-likeness (QED) is 0.436. The summed E-state index contributed by atoms with van der Waals surface area (Å²) in [6, 6.07) is 6.33. The summed E-state index contributed by atoms with van der Waals surface area (Å²) in [7, 11) is -1.19. The summed E-state index contributed by atoms with van der Waals surface area (Å²) in [5.74, 6) is 1.89. The Balaban J connectivity index is 1.69. The first-order valence-electron chi connectivity index (χ1n) is 7.85. The lowest BCUT2D eigenvalue weighted by atomic mass is 10.1. The second-order valence-corrected chi connectivity index (χ2v) is 7.96. The smallest absolute Gasteiger partial charge is 0.190 e. The normalized spacial score (nSPS) is 14.3. The van der Waals surface area contributed by atoms with Crippen molar-refractivity contribution in [1.82, 2.24) is 10.6 Å². The van der Waals surface area contributed by atoms with Crippen LogP contribution in [0, 0.1) is 0 Å². The number of hydrogen-bond acceptors (Lipinski definition) is 4. The van der Waals surface area contributed by atoms with E-state index in [1.165, 1.54) is 17.4 Å². The van der Waals surface area contributed by atoms with Gasteiger partial charge in [0.15, 0.2) is 5.96 Å². The fourth-order valence-electron chi connectivity index (χ4n) is 2.48. The van der Waals surface area contributed by atoms with E-state index < -0.39 is 9.84 Å². The number of guanidine groups is 1. The molecule has 0 spiro atoms. The lowest BCUT2D eigenvalue weighted by Gasteiger charge is -2.12. The fraction of sp³-hybridized carbons (Fsp3) is 0.562. The van der Waals surface area contributed by atoms with Crippen LogP contribution in [0.2, 0.25) is 0 Å². The maximum atomic E-state index is 11.1. The molecule has 2 rings (SSSR count). The van der Waals surface area contributed by atoms with Gasteiger partial charge in [0.05, 0.1) is 12.4 Å². The zero-order chi connectivity index (χ0) is 16.7. The Morgan fingerprint density at radius 3 is 2.83 bits per heavy atom. The Hall–Kier alpha value is -1.76. The number of aliphatic imine (C=N–C) groups is 1. The summed E-state index contributed by atoms with van der Waals surface area (Å²) < 4.78 is 27.6. The molecule has 0 aromatic heterocycles. The molecule has 1 heterocycles. The number of ether oxygens (including phenoxy) is 1. The molecule has 0 unspecified atom stereocenters. The van der Waals surface area contributed by atoms with E-state index in [0.717, 1.165) is 31.7 Å². The van der Waals surface area contributed by atoms with Crippen LogP contribution in [-0.2, 0) is 22.7 Å². The van der Waals surface area contributed by atoms with Crippen molar-refractivity contribution in [1.29, 1.82) is 0 Å². The van der Waals surface area contributed by atoms with Crippen molar-refractivity contribution in [2.24, 2.45) is 4.99 Å². The highest BCUT2D eigenvalue weighted by atomic mass is 32.2. The van der Waals surface area contributed by atoms with E-state index in [-0.39, 0.29) is 5.75 Å². The van der Waals surface area contributed by atoms with Crippen LogP contribution >= 0.6 is 0 Å². The minimum Gasteiger partial charge on any atom is -0.493 e. The van der Waals surface area contributed by atoms with E-state index in [0.29, 0.717) is 18.9 Å². The molecular weight excluding hydrogens is 314 g/mol. The summed E-state index contributed by atoms with van der Waals surface area (Å²) in [5, 5.41) is 6.37. The van der Waals surface area contributed by atoms with Crippen molar-refractivity contribution in [3.63, 3.8) is 0 Å². The first-order valence-corrected chi connectivity index (χ1v) is 9.91. The van der Waals surface area contributed by atoms with Crippen LogP contribution in [0.3, 0.4) is 0 Å². The first-order chi connectivity index (χ1) is 11.0. The van der Waals surface area contributed by atoms with Gasteiger partial charge in [-0.3, -0.25) is 4.99 Å². The van der Waals surface area contributed by atoms with Crippen molar-refractivity contribution in [2.75, 3.05) is 38.8 Å². The van der Waals surface area contributed by atoms with Crippen LogP contribution in [0.1, 0.15) is 17.5 Å². The van der Waals surface area contributed by atoms with Crippen LogP contribution in [0.5, 0.6) is 5.75 Å². The van der Waals surface area contributed by atoms with Crippen LogP contribution < -0.4 is 15.4 Å². The molecule has 0 saturated carbocycles. The summed E-state index contributed by atoms with van der Waals surface area (Å²) >= 11 is 0. The Bertz CT molecular complexity index is 657. The van der Waals surface area contributed by atoms with E-state index >= 15 is 0 Å². The summed E-state index contributed by atoms with van der Waals surface area (Å²) in [5.41, 5.74) is 2.56. The van der Waals surface area contributed by atoms with Crippen molar-refractivity contribution in [2.45, 2.75) is 19.3 Å². The van der Waals surface area contributed by atoms with Crippen molar-refractivity contribution in [3.8, 4) is 5.75 Å². The van der Waals surface area contributed by atoms with Gasteiger partial charge in [-0.1, -0.05) is 12.1 Å². The average Bonchev–Trinajstić information content (AvgIpc) is 2.96. The SMILES string of the molecule is CN=C(NCCCS(C)(=O)=O)NCCc1ccc2c(c1)CCO2. The lowest BCUT2D eigenvalue weighted by Crippen LogP contribution is -2.39. The molecule has 1 aromatic rings. The topological polar surface area (TPSA) is 79.8 Å². The number of sulfone groups is 1. The number of hydrogen-bond donors (Lipinski definition) is 2. The van der Waals surface area contributed by atoms with Gasteiger partial charge >= 0.3 is 0 Å². The minimum absolute atomic E-state index is 0.189. The predicted molar refractivity (Wildman–Crippen MR) is 93.0 cm³/mol. The van der Waals surface area contributed by atoms with Gasteiger partial charge in [-0.15, -0.1) is 0 Å². The van der Waals surface area contributed by atoms with Gasteiger partial charge in [0, 0.05) is 32.8 Å². The van der Waals surface area contributed by atoms with E-state index in [1.54, 1.807) is 7.05 Å². The van der Waals surface area contributed by atoms with Crippen LogP contribution in [0.4, 0.5) is 0 Å². The summed E-state index contributed by atoms with van der Waals surface area (Å²) in [4.78, 5) is 4.14. The Morgan fingerprint density at radius 1 is 1.30 bits per heavy atom. The fourth-order valence-corrected chi connectivity index (χ4v) is 3.15. The number of fused-ring (bicyclic) bond motifs is 1. The number of benzene rings is 1. The molecule has 0 bridgehead atoms. The largest absolute Gasteiger partial charge is 0.493 e. The van der Waals surface area contributed by atoms with Crippen LogP contribution in [0.15, 0.2) is 23.2 Å². The van der Waals surface area contributed by atoms with Gasteiger partial charge in [0.25, 0.3) is 0 Å². The average molecular weight is 339 g/mol. The molecule has 1 aromatic carbocycles. The molecule has 0 radical (unpaired) electrons. The van der Waals surface area contributed by atoms with E-state index in [1.807, 2.05) is 6.07 Å². The summed E-state index contributed by atoms with van der Waals surface area (Å²) in [6.07, 6.45) is 3.71. The third kappa shape index (κ3) is 6.09. The third-order valence-corrected chi connectivity index (χ3v) is 4.70. The molecule has 0 saturated heterocycles. The Kier molecular flexibility index (Phi) is 6.27. The summed E-state index contributed by atoms with van der Waals surface area (Å²) in [6.45, 7) is 2.13. The highest BCUT2D eigenvalue weighted by Gasteiger charge is 2.11. The first kappa shape index (κ1) is 17.6. The van der Waals surface area contributed by atoms with Gasteiger partial charge in [-0.25, -0.2) is 8.42 Å². The zero-order valence-electron chi connectivity index (χ0n) is 13.8. The molecule has 7 heteroatoms. The maximum absolute atomic E-state index is 11.1. The Morgan fingerprint density at radius 2 is 2.09 bits per heavy atom. The second-order valence-electron chi connectivity index (χ2n) is 5.70. The predicted octanol–water partition coefficient (Wildman–Crippen LogP) is 0.764. The third-order valence-electron chi connectivity index (χ3n) is 3.67. The molecule has 1 aliphatic rings. The minimum atomic E-state index is -2.90. The van der Waals surface area contributed by atoms with Gasteiger partial charge in [-0.05, 0) is 30.0 Å². The molecule has 0 aliphatic carbocycles. The molecule has 2 N–H and O–H groups in total. The van der Waals surface area contributed by atoms with Gasteiger partial charge in [0.1, 0.15) is 15.6 Å². The van der Waals surface area contributed by atoms with Crippen LogP contribution in [0.25, 0.3) is 0 Å².